The molecule has 0 unspecified atom stereocenters. The van der Waals surface area contributed by atoms with Crippen LogP contribution in [0.5, 0.6) is 0 Å². The minimum atomic E-state index is -0.126. The highest BCUT2D eigenvalue weighted by Gasteiger charge is 2.22. The molecule has 2 heterocycles. The monoisotopic (exact) mass is 394 g/mol. The number of furan rings is 1. The van der Waals surface area contributed by atoms with Crippen LogP contribution in [0.25, 0.3) is 11.0 Å². The van der Waals surface area contributed by atoms with E-state index >= 15 is 0 Å². The fourth-order valence-corrected chi connectivity index (χ4v) is 5.16. The van der Waals surface area contributed by atoms with Gasteiger partial charge in [0.1, 0.15) is 5.58 Å². The Morgan fingerprint density at radius 1 is 1.14 bits per heavy atom. The van der Waals surface area contributed by atoms with Crippen LogP contribution in [0.15, 0.2) is 53.2 Å². The zero-order valence-corrected chi connectivity index (χ0v) is 16.8. The van der Waals surface area contributed by atoms with Crippen molar-refractivity contribution in [1.82, 2.24) is 10.3 Å². The second-order valence-corrected chi connectivity index (χ2v) is 8.63. The maximum absolute atomic E-state index is 12.8. The molecule has 1 saturated carbocycles. The molecular weight excluding hydrogens is 368 g/mol. The van der Waals surface area contributed by atoms with Gasteiger partial charge in [-0.05, 0) is 37.0 Å². The minimum absolute atomic E-state index is 0.126. The molecule has 146 valence electrons. The number of carbonyl (C=O) groups is 1. The van der Waals surface area contributed by atoms with Gasteiger partial charge in [-0.1, -0.05) is 43.5 Å². The highest BCUT2D eigenvalue weighted by atomic mass is 32.2. The van der Waals surface area contributed by atoms with Crippen LogP contribution in [-0.2, 0) is 12.2 Å². The average Bonchev–Trinajstić information content (AvgIpc) is 3.12. The summed E-state index contributed by atoms with van der Waals surface area (Å²) in [5.74, 6) is 1.17. The number of carbonyl (C=O) groups excluding carboxylic acids is 1. The third kappa shape index (κ3) is 4.58. The summed E-state index contributed by atoms with van der Waals surface area (Å²) in [5, 5.41) is 4.77. The summed E-state index contributed by atoms with van der Waals surface area (Å²) in [6, 6.07) is 11.9. The van der Waals surface area contributed by atoms with Crippen molar-refractivity contribution in [3.63, 3.8) is 0 Å². The molecule has 2 aromatic heterocycles. The topological polar surface area (TPSA) is 55.1 Å². The van der Waals surface area contributed by atoms with Gasteiger partial charge in [0.25, 0.3) is 5.91 Å². The number of nitrogens with zero attached hydrogens (tertiary/aromatic N) is 1. The second-order valence-electron chi connectivity index (χ2n) is 7.34. The van der Waals surface area contributed by atoms with E-state index in [1.54, 1.807) is 6.20 Å². The smallest absolute Gasteiger partial charge is 0.287 e. The first-order valence-corrected chi connectivity index (χ1v) is 11.2. The van der Waals surface area contributed by atoms with Crippen LogP contribution in [0.3, 0.4) is 0 Å². The summed E-state index contributed by atoms with van der Waals surface area (Å²) in [6.07, 6.45) is 10.9. The summed E-state index contributed by atoms with van der Waals surface area (Å²) in [4.78, 5) is 17.0. The van der Waals surface area contributed by atoms with E-state index in [1.807, 2.05) is 48.3 Å². The maximum Gasteiger partial charge on any atom is 0.287 e. The standard InChI is InChI=1S/C23H26N2O2S/c26-23(25-14-12-17-7-6-13-24-15-17)22-20(16-28-18-8-2-1-3-9-18)19-10-4-5-11-21(19)27-22/h4-7,10-11,13,15,18H,1-3,8-9,12,14,16H2,(H,25,26). The molecular formula is C23H26N2O2S. The lowest BCUT2D eigenvalue weighted by Gasteiger charge is -2.20. The molecule has 1 aliphatic carbocycles. The van der Waals surface area contributed by atoms with Crippen molar-refractivity contribution in [3.05, 3.63) is 65.7 Å². The minimum Gasteiger partial charge on any atom is -0.451 e. The van der Waals surface area contributed by atoms with Crippen molar-refractivity contribution in [2.75, 3.05) is 6.54 Å². The number of fused-ring (bicyclic) bond motifs is 1. The predicted octanol–water partition coefficient (Wildman–Crippen LogP) is 5.37. The first-order chi connectivity index (χ1) is 13.8. The maximum atomic E-state index is 12.8. The number of nitrogens with one attached hydrogen (secondary N) is 1. The lowest BCUT2D eigenvalue weighted by Crippen LogP contribution is -2.26. The Labute approximate surface area is 170 Å². The van der Waals surface area contributed by atoms with Gasteiger partial charge in [0, 0.05) is 40.9 Å². The lowest BCUT2D eigenvalue weighted by atomic mass is 10.0. The number of thioether (sulfide) groups is 1. The average molecular weight is 395 g/mol. The molecule has 0 aliphatic heterocycles. The summed E-state index contributed by atoms with van der Waals surface area (Å²) < 4.78 is 5.97. The van der Waals surface area contributed by atoms with E-state index in [9.17, 15) is 4.79 Å². The molecule has 5 heteroatoms. The van der Waals surface area contributed by atoms with Gasteiger partial charge < -0.3 is 9.73 Å². The van der Waals surface area contributed by atoms with Crippen LogP contribution in [0.1, 0.15) is 53.8 Å². The molecule has 1 aromatic carbocycles. The zero-order chi connectivity index (χ0) is 19.2. The molecule has 0 atom stereocenters. The third-order valence-electron chi connectivity index (χ3n) is 5.34. The molecule has 1 N–H and O–H groups in total. The molecule has 0 saturated heterocycles. The second kappa shape index (κ2) is 9.28. The Bertz CT molecular complexity index is 917. The van der Waals surface area contributed by atoms with Crippen molar-refractivity contribution in [2.24, 2.45) is 0 Å². The van der Waals surface area contributed by atoms with Gasteiger partial charge in [0.2, 0.25) is 0 Å². The van der Waals surface area contributed by atoms with E-state index in [4.69, 9.17) is 4.42 Å². The summed E-state index contributed by atoms with van der Waals surface area (Å²) in [7, 11) is 0. The number of benzene rings is 1. The number of aromatic nitrogens is 1. The summed E-state index contributed by atoms with van der Waals surface area (Å²) in [5.41, 5.74) is 2.93. The van der Waals surface area contributed by atoms with Crippen molar-refractivity contribution in [1.29, 1.82) is 0 Å². The van der Waals surface area contributed by atoms with Crippen LogP contribution in [0, 0.1) is 0 Å². The van der Waals surface area contributed by atoms with Crippen LogP contribution in [0.2, 0.25) is 0 Å². The highest BCUT2D eigenvalue weighted by Crippen LogP contribution is 2.34. The molecule has 4 rings (SSSR count). The van der Waals surface area contributed by atoms with Gasteiger partial charge in [-0.25, -0.2) is 0 Å². The normalized spacial score (nSPS) is 15.0. The summed E-state index contributed by atoms with van der Waals surface area (Å²) in [6.45, 7) is 0.566. The Balaban J connectivity index is 1.46. The van der Waals surface area contributed by atoms with Gasteiger partial charge in [-0.15, -0.1) is 0 Å². The molecule has 1 amide bonds. The Morgan fingerprint density at radius 3 is 2.82 bits per heavy atom. The van der Waals surface area contributed by atoms with Gasteiger partial charge in [0.15, 0.2) is 5.76 Å². The number of rotatable bonds is 7. The Morgan fingerprint density at radius 2 is 2.00 bits per heavy atom. The molecule has 0 bridgehead atoms. The van der Waals surface area contributed by atoms with E-state index in [2.05, 4.69) is 16.4 Å². The van der Waals surface area contributed by atoms with Crippen LogP contribution < -0.4 is 5.32 Å². The predicted molar refractivity (Wildman–Crippen MR) is 115 cm³/mol. The number of amides is 1. The van der Waals surface area contributed by atoms with E-state index in [-0.39, 0.29) is 5.91 Å². The first-order valence-electron chi connectivity index (χ1n) is 10.1. The fourth-order valence-electron chi connectivity index (χ4n) is 3.81. The number of hydrogen-bond acceptors (Lipinski definition) is 4. The molecule has 0 spiro atoms. The van der Waals surface area contributed by atoms with E-state index in [1.165, 1.54) is 32.1 Å². The first kappa shape index (κ1) is 19.1. The number of hydrogen-bond donors (Lipinski definition) is 1. The van der Waals surface area contributed by atoms with Gasteiger partial charge in [-0.2, -0.15) is 11.8 Å². The lowest BCUT2D eigenvalue weighted by molar-refractivity contribution is 0.0927. The molecule has 28 heavy (non-hydrogen) atoms. The number of para-hydroxylation sites is 1. The van der Waals surface area contributed by atoms with Crippen LogP contribution in [0.4, 0.5) is 0 Å². The van der Waals surface area contributed by atoms with E-state index in [0.717, 1.165) is 34.3 Å². The molecule has 3 aromatic rings. The van der Waals surface area contributed by atoms with Crippen LogP contribution >= 0.6 is 11.8 Å². The molecule has 0 radical (unpaired) electrons. The van der Waals surface area contributed by atoms with Crippen molar-refractivity contribution < 1.29 is 9.21 Å². The fraction of sp³-hybridized carbons (Fsp3) is 0.391. The Hall–Kier alpha value is -2.27. The van der Waals surface area contributed by atoms with E-state index in [0.29, 0.717) is 17.6 Å². The van der Waals surface area contributed by atoms with Gasteiger partial charge in [-0.3, -0.25) is 9.78 Å². The summed E-state index contributed by atoms with van der Waals surface area (Å²) >= 11 is 1.97. The van der Waals surface area contributed by atoms with Crippen LogP contribution in [-0.4, -0.2) is 22.7 Å². The largest absolute Gasteiger partial charge is 0.451 e. The third-order valence-corrected chi connectivity index (χ3v) is 6.74. The van der Waals surface area contributed by atoms with E-state index < -0.39 is 0 Å². The SMILES string of the molecule is O=C(NCCc1cccnc1)c1oc2ccccc2c1CSC1CCCCC1. The molecule has 4 nitrogen and oxygen atoms in total. The molecule has 1 fully saturated rings. The zero-order valence-electron chi connectivity index (χ0n) is 16.0. The highest BCUT2D eigenvalue weighted by molar-refractivity contribution is 7.99. The van der Waals surface area contributed by atoms with Crippen molar-refractivity contribution in [2.45, 2.75) is 49.5 Å². The molecule has 1 aliphatic rings. The van der Waals surface area contributed by atoms with Gasteiger partial charge >= 0.3 is 0 Å². The number of pyridine rings is 1. The van der Waals surface area contributed by atoms with Gasteiger partial charge in [0.05, 0.1) is 0 Å². The van der Waals surface area contributed by atoms with Crippen molar-refractivity contribution >= 4 is 28.6 Å². The Kier molecular flexibility index (Phi) is 6.32. The van der Waals surface area contributed by atoms with Crippen molar-refractivity contribution in [3.8, 4) is 0 Å². The quantitative estimate of drug-likeness (QED) is 0.586.